The molecule has 0 spiro atoms. The van der Waals surface area contributed by atoms with Crippen molar-refractivity contribution in [3.05, 3.63) is 108 Å². The quantitative estimate of drug-likeness (QED) is 0.216. The summed E-state index contributed by atoms with van der Waals surface area (Å²) in [6, 6.07) is 21.3. The third kappa shape index (κ3) is 6.55. The Labute approximate surface area is 229 Å². The van der Waals surface area contributed by atoms with E-state index >= 15 is 0 Å². The molecule has 2 heterocycles. The largest absolute Gasteiger partial charge is 0.493 e. The fourth-order valence-corrected chi connectivity index (χ4v) is 4.80. The van der Waals surface area contributed by atoms with Crippen molar-refractivity contribution in [1.29, 1.82) is 0 Å². The van der Waals surface area contributed by atoms with Crippen molar-refractivity contribution in [3.8, 4) is 28.6 Å². The molecule has 0 bridgehead atoms. The fourth-order valence-electron chi connectivity index (χ4n) is 4.09. The van der Waals surface area contributed by atoms with Gasteiger partial charge in [-0.25, -0.2) is 9.97 Å². The molecule has 2 aromatic heterocycles. The van der Waals surface area contributed by atoms with Crippen LogP contribution < -0.4 is 8.37 Å². The van der Waals surface area contributed by atoms with Gasteiger partial charge >= 0.3 is 20.8 Å². The highest BCUT2D eigenvalue weighted by atomic mass is 32.3. The summed E-state index contributed by atoms with van der Waals surface area (Å²) in [7, 11) is -9.32. The number of aromatic nitrogens is 3. The van der Waals surface area contributed by atoms with Gasteiger partial charge in [0.15, 0.2) is 5.65 Å². The summed E-state index contributed by atoms with van der Waals surface area (Å²) >= 11 is 0. The molecule has 0 aliphatic rings. The Bertz CT molecular complexity index is 1890. The lowest BCUT2D eigenvalue weighted by atomic mass is 10.1. The minimum absolute atomic E-state index is 0.0718. The smallest absolute Gasteiger partial charge is 0.446 e. The lowest BCUT2D eigenvalue weighted by molar-refractivity contribution is 0.384. The molecular formula is C26H21N3O9S2. The van der Waals surface area contributed by atoms with Crippen molar-refractivity contribution >= 4 is 26.4 Å². The normalized spacial score (nSPS) is 11.9. The van der Waals surface area contributed by atoms with Gasteiger partial charge in [0.1, 0.15) is 17.2 Å². The molecule has 0 atom stereocenters. The maximum Gasteiger partial charge on any atom is 0.446 e. The first-order valence-corrected chi connectivity index (χ1v) is 14.3. The molecule has 0 amide bonds. The number of rotatable bonds is 9. The van der Waals surface area contributed by atoms with Crippen LogP contribution in [0.2, 0.25) is 0 Å². The highest BCUT2D eigenvalue weighted by Crippen LogP contribution is 2.29. The second-order valence-corrected chi connectivity index (χ2v) is 10.7. The molecule has 5 aromatic rings. The third-order valence-corrected chi connectivity index (χ3v) is 6.59. The highest BCUT2D eigenvalue weighted by molar-refractivity contribution is 7.81. The van der Waals surface area contributed by atoms with Crippen LogP contribution in [0.25, 0.3) is 16.9 Å². The van der Waals surface area contributed by atoms with E-state index in [9.17, 15) is 21.9 Å². The van der Waals surface area contributed by atoms with Crippen LogP contribution in [0.3, 0.4) is 0 Å². The van der Waals surface area contributed by atoms with E-state index in [2.05, 4.69) is 13.4 Å². The van der Waals surface area contributed by atoms with Crippen LogP contribution in [0, 0.1) is 0 Å². The third-order valence-electron chi connectivity index (χ3n) is 5.78. The van der Waals surface area contributed by atoms with E-state index in [4.69, 9.17) is 14.1 Å². The zero-order valence-corrected chi connectivity index (χ0v) is 22.1. The van der Waals surface area contributed by atoms with Crippen molar-refractivity contribution in [2.24, 2.45) is 0 Å². The maximum absolute atomic E-state index is 11.1. The summed E-state index contributed by atoms with van der Waals surface area (Å²) in [4.78, 5) is 9.42. The Morgan fingerprint density at radius 1 is 0.675 bits per heavy atom. The van der Waals surface area contributed by atoms with Crippen LogP contribution in [-0.4, -0.2) is 45.4 Å². The van der Waals surface area contributed by atoms with Crippen molar-refractivity contribution in [2.75, 3.05) is 0 Å². The van der Waals surface area contributed by atoms with Gasteiger partial charge in [0.05, 0.1) is 11.4 Å². The number of imidazole rings is 1. The van der Waals surface area contributed by atoms with E-state index < -0.39 is 20.8 Å². The number of hydrogen-bond donors (Lipinski definition) is 3. The molecule has 0 saturated heterocycles. The summed E-state index contributed by atoms with van der Waals surface area (Å²) in [5, 5.41) is 11.1. The fraction of sp³-hybridized carbons (Fsp3) is 0.0769. The van der Waals surface area contributed by atoms with Crippen molar-refractivity contribution in [1.82, 2.24) is 14.4 Å². The standard InChI is InChI=1S/C26H21N3O9S2/c30-26-23(15-18-6-10-20(11-7-18)37-39(31,32)33)28-25-22(14-17-4-2-1-3-5-17)27-24(16-29(25)26)19-8-12-21(13-9-19)38-40(34,35)36/h1-13,16,30H,14-15H2,(H,31,32,33)(H,34,35,36). The Hall–Kier alpha value is -4.50. The summed E-state index contributed by atoms with van der Waals surface area (Å²) in [5.74, 6) is -0.285. The molecule has 0 aliphatic carbocycles. The molecule has 5 rings (SSSR count). The van der Waals surface area contributed by atoms with E-state index in [1.165, 1.54) is 28.7 Å². The van der Waals surface area contributed by atoms with E-state index in [1.54, 1.807) is 30.5 Å². The molecule has 0 aliphatic heterocycles. The SMILES string of the molecule is O=S(=O)(O)Oc1ccc(Cc2nc3c(Cc4ccccc4)nc(-c4ccc(OS(=O)(=O)O)cc4)cn3c2O)cc1. The molecule has 3 aromatic carbocycles. The number of benzene rings is 3. The van der Waals surface area contributed by atoms with Gasteiger partial charge in [0, 0.05) is 24.6 Å². The Morgan fingerprint density at radius 2 is 1.20 bits per heavy atom. The first kappa shape index (κ1) is 27.1. The highest BCUT2D eigenvalue weighted by Gasteiger charge is 2.19. The van der Waals surface area contributed by atoms with Gasteiger partial charge in [-0.1, -0.05) is 42.5 Å². The topological polar surface area (TPSA) is 178 Å². The Balaban J connectivity index is 1.53. The predicted molar refractivity (Wildman–Crippen MR) is 143 cm³/mol. The average Bonchev–Trinajstić information content (AvgIpc) is 3.20. The molecule has 0 radical (unpaired) electrons. The Morgan fingerprint density at radius 3 is 1.77 bits per heavy atom. The van der Waals surface area contributed by atoms with Gasteiger partial charge in [-0.3, -0.25) is 13.5 Å². The van der Waals surface area contributed by atoms with Crippen molar-refractivity contribution in [2.45, 2.75) is 12.8 Å². The minimum atomic E-state index is -4.67. The van der Waals surface area contributed by atoms with Gasteiger partial charge in [-0.05, 0) is 47.5 Å². The van der Waals surface area contributed by atoms with E-state index in [0.29, 0.717) is 40.3 Å². The van der Waals surface area contributed by atoms with Crippen molar-refractivity contribution in [3.63, 3.8) is 0 Å². The van der Waals surface area contributed by atoms with Gasteiger partial charge in [-0.2, -0.15) is 16.8 Å². The molecule has 12 nitrogen and oxygen atoms in total. The molecule has 14 heteroatoms. The van der Waals surface area contributed by atoms with Gasteiger partial charge in [0.25, 0.3) is 0 Å². The molecule has 0 saturated carbocycles. The molecule has 0 fully saturated rings. The summed E-state index contributed by atoms with van der Waals surface area (Å²) in [6.07, 6.45) is 2.19. The minimum Gasteiger partial charge on any atom is -0.493 e. The van der Waals surface area contributed by atoms with Crippen LogP contribution in [0.4, 0.5) is 0 Å². The number of hydrogen-bond acceptors (Lipinski definition) is 9. The van der Waals surface area contributed by atoms with Gasteiger partial charge in [0.2, 0.25) is 5.88 Å². The van der Waals surface area contributed by atoms with E-state index in [1.807, 2.05) is 30.3 Å². The number of nitrogens with zero attached hydrogens (tertiary/aromatic N) is 3. The zero-order chi connectivity index (χ0) is 28.5. The van der Waals surface area contributed by atoms with E-state index in [-0.39, 0.29) is 23.8 Å². The molecule has 0 unspecified atom stereocenters. The van der Waals surface area contributed by atoms with Crippen LogP contribution in [0.15, 0.2) is 85.1 Å². The first-order valence-electron chi connectivity index (χ1n) is 11.6. The summed E-state index contributed by atoms with van der Waals surface area (Å²) in [5.41, 5.74) is 4.04. The monoisotopic (exact) mass is 583 g/mol. The average molecular weight is 584 g/mol. The van der Waals surface area contributed by atoms with E-state index in [0.717, 1.165) is 5.56 Å². The van der Waals surface area contributed by atoms with Crippen molar-refractivity contribution < 1.29 is 39.4 Å². The Kier molecular flexibility index (Phi) is 7.16. The summed E-state index contributed by atoms with van der Waals surface area (Å²) in [6.45, 7) is 0. The summed E-state index contributed by atoms with van der Waals surface area (Å²) < 4.78 is 72.0. The zero-order valence-electron chi connectivity index (χ0n) is 20.4. The predicted octanol–water partition coefficient (Wildman–Crippen LogP) is 3.65. The molecule has 40 heavy (non-hydrogen) atoms. The second-order valence-electron chi connectivity index (χ2n) is 8.68. The second kappa shape index (κ2) is 10.6. The molecule has 3 N–H and O–H groups in total. The first-order chi connectivity index (χ1) is 18.9. The maximum atomic E-state index is 11.1. The van der Waals surface area contributed by atoms with Crippen LogP contribution >= 0.6 is 0 Å². The lowest BCUT2D eigenvalue weighted by Crippen LogP contribution is -2.06. The molecular weight excluding hydrogens is 562 g/mol. The number of fused-ring (bicyclic) bond motifs is 1. The van der Waals surface area contributed by atoms with Crippen LogP contribution in [-0.2, 0) is 33.6 Å². The van der Waals surface area contributed by atoms with Gasteiger partial charge in [-0.15, -0.1) is 0 Å². The van der Waals surface area contributed by atoms with Crippen LogP contribution in [0.1, 0.15) is 22.5 Å². The number of aromatic hydroxyl groups is 1. The van der Waals surface area contributed by atoms with Gasteiger partial charge < -0.3 is 13.5 Å². The van der Waals surface area contributed by atoms with Crippen LogP contribution in [0.5, 0.6) is 17.4 Å². The molecule has 206 valence electrons. The lowest BCUT2D eigenvalue weighted by Gasteiger charge is -2.09.